The van der Waals surface area contributed by atoms with E-state index in [0.29, 0.717) is 17.5 Å². The van der Waals surface area contributed by atoms with Gasteiger partial charge in [0.25, 0.3) is 0 Å². The Hall–Kier alpha value is -2.46. The first-order chi connectivity index (χ1) is 14.5. The zero-order valence-electron chi connectivity index (χ0n) is 17.9. The van der Waals surface area contributed by atoms with E-state index in [9.17, 15) is 17.6 Å². The maximum absolute atomic E-state index is 14.3. The molecule has 31 heavy (non-hydrogen) atoms. The van der Waals surface area contributed by atoms with Crippen molar-refractivity contribution in [1.29, 1.82) is 0 Å². The molecule has 5 nitrogen and oxygen atoms in total. The van der Waals surface area contributed by atoms with Crippen LogP contribution in [0.1, 0.15) is 5.56 Å². The summed E-state index contributed by atoms with van der Waals surface area (Å²) in [5, 5.41) is 4.99. The second kappa shape index (κ2) is 8.95. The van der Waals surface area contributed by atoms with Crippen LogP contribution in [0, 0.1) is 5.82 Å². The van der Waals surface area contributed by atoms with Crippen LogP contribution in [0.3, 0.4) is 0 Å². The lowest BCUT2D eigenvalue weighted by atomic mass is 10.00. The van der Waals surface area contributed by atoms with Crippen LogP contribution >= 0.6 is 0 Å². The lowest BCUT2D eigenvalue weighted by Gasteiger charge is -2.16. The molecule has 0 bridgehead atoms. The number of pyridine rings is 1. The summed E-state index contributed by atoms with van der Waals surface area (Å²) in [5.74, 6) is -1.00. The molecule has 10 heteroatoms. The molecule has 0 aliphatic heterocycles. The van der Waals surface area contributed by atoms with Crippen molar-refractivity contribution in [3.05, 3.63) is 42.0 Å². The van der Waals surface area contributed by atoms with E-state index in [1.807, 2.05) is 0 Å². The summed E-state index contributed by atoms with van der Waals surface area (Å²) in [5.41, 5.74) is 0.810. The van der Waals surface area contributed by atoms with Crippen molar-refractivity contribution >= 4 is 19.0 Å². The number of alkyl halides is 3. The van der Waals surface area contributed by atoms with Gasteiger partial charge in [-0.05, 0) is 29.8 Å². The molecule has 168 valence electrons. The normalized spacial score (nSPS) is 12.5. The number of rotatable bonds is 8. The predicted octanol–water partition coefficient (Wildman–Crippen LogP) is 5.66. The number of aromatic nitrogens is 3. The molecule has 0 saturated heterocycles. The molecule has 0 saturated carbocycles. The van der Waals surface area contributed by atoms with Crippen LogP contribution in [-0.4, -0.2) is 42.7 Å². The summed E-state index contributed by atoms with van der Waals surface area (Å²) >= 11 is 0. The van der Waals surface area contributed by atoms with Gasteiger partial charge in [-0.25, -0.2) is 9.07 Å². The minimum Gasteiger partial charge on any atom is -0.494 e. The van der Waals surface area contributed by atoms with Crippen LogP contribution in [0.5, 0.6) is 5.75 Å². The fourth-order valence-corrected chi connectivity index (χ4v) is 3.86. The molecule has 3 aromatic rings. The van der Waals surface area contributed by atoms with Crippen molar-refractivity contribution < 1.29 is 27.0 Å². The van der Waals surface area contributed by atoms with E-state index in [4.69, 9.17) is 9.47 Å². The van der Waals surface area contributed by atoms with Gasteiger partial charge in [-0.15, -0.1) is 0 Å². The Kier molecular flexibility index (Phi) is 6.70. The monoisotopic (exact) mass is 455 g/mol. The van der Waals surface area contributed by atoms with Crippen molar-refractivity contribution in [2.24, 2.45) is 0 Å². The fraction of sp³-hybridized carbons (Fsp3) is 0.429. The highest BCUT2D eigenvalue weighted by atomic mass is 28.3. The third-order valence-corrected chi connectivity index (χ3v) is 6.48. The van der Waals surface area contributed by atoms with Crippen LogP contribution in [0.2, 0.25) is 25.7 Å². The summed E-state index contributed by atoms with van der Waals surface area (Å²) in [6.07, 6.45) is -2.57. The molecule has 0 aliphatic rings. The number of halogens is 4. The molecule has 0 spiro atoms. The summed E-state index contributed by atoms with van der Waals surface area (Å²) < 4.78 is 65.9. The lowest BCUT2D eigenvalue weighted by molar-refractivity contribution is -0.127. The van der Waals surface area contributed by atoms with Crippen molar-refractivity contribution in [3.63, 3.8) is 0 Å². The Morgan fingerprint density at radius 2 is 1.84 bits per heavy atom. The van der Waals surface area contributed by atoms with Gasteiger partial charge in [0.1, 0.15) is 6.73 Å². The number of ether oxygens (including phenoxy) is 2. The molecule has 1 aromatic carbocycles. The van der Waals surface area contributed by atoms with Crippen LogP contribution in [0.15, 0.2) is 30.6 Å². The molecule has 0 N–H and O–H groups in total. The average Bonchev–Trinajstić information content (AvgIpc) is 3.06. The average molecular weight is 456 g/mol. The summed E-state index contributed by atoms with van der Waals surface area (Å²) in [6.45, 7) is 7.58. The highest BCUT2D eigenvalue weighted by molar-refractivity contribution is 6.76. The van der Waals surface area contributed by atoms with E-state index in [1.165, 1.54) is 13.3 Å². The summed E-state index contributed by atoms with van der Waals surface area (Å²) in [6, 6.07) is 4.70. The summed E-state index contributed by atoms with van der Waals surface area (Å²) in [7, 11) is -0.0189. The first-order valence-electron chi connectivity index (χ1n) is 9.80. The third kappa shape index (κ3) is 6.04. The molecule has 0 amide bonds. The summed E-state index contributed by atoms with van der Waals surface area (Å²) in [4.78, 5) is 4.24. The maximum Gasteiger partial charge on any atom is 0.393 e. The van der Waals surface area contributed by atoms with E-state index in [1.54, 1.807) is 16.9 Å². The zero-order chi connectivity index (χ0) is 22.8. The quantitative estimate of drug-likeness (QED) is 0.250. The maximum atomic E-state index is 14.3. The predicted molar refractivity (Wildman–Crippen MR) is 113 cm³/mol. The van der Waals surface area contributed by atoms with E-state index < -0.39 is 26.5 Å². The van der Waals surface area contributed by atoms with Gasteiger partial charge < -0.3 is 9.47 Å². The van der Waals surface area contributed by atoms with Gasteiger partial charge in [0.15, 0.2) is 11.6 Å². The number of benzene rings is 1. The Balaban J connectivity index is 1.95. The Morgan fingerprint density at radius 3 is 2.48 bits per heavy atom. The molecular weight excluding hydrogens is 430 g/mol. The van der Waals surface area contributed by atoms with Gasteiger partial charge in [0.2, 0.25) is 0 Å². The minimum atomic E-state index is -4.46. The van der Waals surface area contributed by atoms with Gasteiger partial charge >= 0.3 is 6.18 Å². The lowest BCUT2D eigenvalue weighted by Crippen LogP contribution is -2.22. The topological polar surface area (TPSA) is 49.2 Å². The molecule has 0 radical (unpaired) electrons. The highest BCUT2D eigenvalue weighted by Gasteiger charge is 2.30. The molecule has 0 unspecified atom stereocenters. The Bertz CT molecular complexity index is 1060. The highest BCUT2D eigenvalue weighted by Crippen LogP contribution is 2.34. The number of fused-ring (bicyclic) bond motifs is 1. The zero-order valence-corrected chi connectivity index (χ0v) is 18.9. The van der Waals surface area contributed by atoms with Crippen LogP contribution in [-0.2, 0) is 17.9 Å². The van der Waals surface area contributed by atoms with Gasteiger partial charge in [-0.2, -0.15) is 18.3 Å². The smallest absolute Gasteiger partial charge is 0.393 e. The van der Waals surface area contributed by atoms with Crippen LogP contribution in [0.4, 0.5) is 17.6 Å². The van der Waals surface area contributed by atoms with Crippen molar-refractivity contribution in [2.45, 2.75) is 45.0 Å². The standard InChI is InChI=1S/C21H25F4N3O2Si/c1-29-20-7-14(10-21(23,24)25)16(8-17(20)22)18-9-19-15(11-26-18)12-27-28(19)13-30-5-6-31(2,3)4/h7-9,11-12H,5-6,10,13H2,1-4H3. The van der Waals surface area contributed by atoms with Gasteiger partial charge in [-0.1, -0.05) is 19.6 Å². The number of methoxy groups -OCH3 is 1. The van der Waals surface area contributed by atoms with Gasteiger partial charge in [0.05, 0.1) is 30.9 Å². The molecular formula is C21H25F4N3O2Si. The first kappa shape index (κ1) is 23.2. The largest absolute Gasteiger partial charge is 0.494 e. The minimum absolute atomic E-state index is 0.0601. The molecule has 0 fully saturated rings. The second-order valence-electron chi connectivity index (χ2n) is 8.56. The van der Waals surface area contributed by atoms with E-state index in [0.717, 1.165) is 18.2 Å². The fourth-order valence-electron chi connectivity index (χ4n) is 3.10. The van der Waals surface area contributed by atoms with Gasteiger partial charge in [-0.3, -0.25) is 4.98 Å². The third-order valence-electron chi connectivity index (χ3n) is 4.78. The number of hydrogen-bond donors (Lipinski definition) is 0. The SMILES string of the molecule is COc1cc(CC(F)(F)F)c(-c2cc3c(cn2)cnn3COCC[Si](C)(C)C)cc1F. The Labute approximate surface area is 179 Å². The molecule has 0 aliphatic carbocycles. The molecule has 3 rings (SSSR count). The molecule has 2 aromatic heterocycles. The first-order valence-corrected chi connectivity index (χ1v) is 13.5. The van der Waals surface area contributed by atoms with Crippen LogP contribution < -0.4 is 4.74 Å². The number of nitrogens with zero attached hydrogens (tertiary/aromatic N) is 3. The van der Waals surface area contributed by atoms with E-state index in [-0.39, 0.29) is 29.3 Å². The van der Waals surface area contributed by atoms with E-state index in [2.05, 4.69) is 29.7 Å². The van der Waals surface area contributed by atoms with Crippen molar-refractivity contribution in [1.82, 2.24) is 14.8 Å². The van der Waals surface area contributed by atoms with Crippen LogP contribution in [0.25, 0.3) is 22.2 Å². The van der Waals surface area contributed by atoms with Gasteiger partial charge in [0, 0.05) is 31.8 Å². The second-order valence-corrected chi connectivity index (χ2v) is 14.2. The molecule has 0 atom stereocenters. The number of hydrogen-bond acceptors (Lipinski definition) is 4. The molecule has 2 heterocycles. The van der Waals surface area contributed by atoms with Crippen molar-refractivity contribution in [2.75, 3.05) is 13.7 Å². The van der Waals surface area contributed by atoms with E-state index >= 15 is 0 Å². The Morgan fingerprint density at radius 1 is 1.10 bits per heavy atom. The van der Waals surface area contributed by atoms with Crippen molar-refractivity contribution in [3.8, 4) is 17.0 Å².